The Morgan fingerprint density at radius 1 is 0.867 bits per heavy atom. The molecule has 0 radical (unpaired) electrons. The second kappa shape index (κ2) is 7.04. The van der Waals surface area contributed by atoms with E-state index in [2.05, 4.69) is 5.32 Å². The molecule has 0 saturated carbocycles. The van der Waals surface area contributed by atoms with Crippen LogP contribution in [0.4, 0.5) is 10.1 Å². The highest BCUT2D eigenvalue weighted by Crippen LogP contribution is 2.36. The molecule has 6 nitrogen and oxygen atoms in total. The number of carbonyl (C=O) groups excluding carboxylic acids is 2. The van der Waals surface area contributed by atoms with Gasteiger partial charge in [0, 0.05) is 16.5 Å². The average Bonchev–Trinajstić information content (AvgIpc) is 3.37. The van der Waals surface area contributed by atoms with Gasteiger partial charge >= 0.3 is 0 Å². The van der Waals surface area contributed by atoms with E-state index >= 15 is 0 Å². The number of carbonyl (C=O) groups is 2. The number of benzene rings is 3. The molecule has 1 N–H and O–H groups in total. The highest BCUT2D eigenvalue weighted by atomic mass is 19.1. The second-order valence-corrected chi connectivity index (χ2v) is 6.66. The Morgan fingerprint density at radius 2 is 1.70 bits per heavy atom. The van der Waals surface area contributed by atoms with Crippen LogP contribution in [0.5, 0.6) is 11.5 Å². The van der Waals surface area contributed by atoms with Gasteiger partial charge in [-0.15, -0.1) is 0 Å². The molecule has 30 heavy (non-hydrogen) atoms. The topological polar surface area (TPSA) is 77.8 Å². The first kappa shape index (κ1) is 17.9. The van der Waals surface area contributed by atoms with Gasteiger partial charge in [0.05, 0.1) is 5.69 Å². The van der Waals surface area contributed by atoms with E-state index < -0.39 is 17.5 Å². The third kappa shape index (κ3) is 3.06. The fourth-order valence-corrected chi connectivity index (χ4v) is 3.31. The lowest BCUT2D eigenvalue weighted by Crippen LogP contribution is -2.14. The maximum atomic E-state index is 13.5. The van der Waals surface area contributed by atoms with Crippen LogP contribution in [0.15, 0.2) is 71.1 Å². The monoisotopic (exact) mass is 403 g/mol. The van der Waals surface area contributed by atoms with Gasteiger partial charge in [-0.1, -0.05) is 18.2 Å². The van der Waals surface area contributed by atoms with Crippen LogP contribution in [0.2, 0.25) is 0 Å². The summed E-state index contributed by atoms with van der Waals surface area (Å²) in [5, 5.41) is 3.27. The molecule has 0 saturated heterocycles. The number of furan rings is 1. The lowest BCUT2D eigenvalue weighted by atomic mass is 10.1. The van der Waals surface area contributed by atoms with Crippen LogP contribution in [0, 0.1) is 5.82 Å². The number of nitrogens with one attached hydrogen (secondary N) is 1. The quantitative estimate of drug-likeness (QED) is 0.496. The van der Waals surface area contributed by atoms with E-state index in [1.807, 2.05) is 0 Å². The number of ketones is 1. The van der Waals surface area contributed by atoms with Crippen LogP contribution in [-0.2, 0) is 0 Å². The Bertz CT molecular complexity index is 1310. The van der Waals surface area contributed by atoms with Crippen molar-refractivity contribution in [3.05, 3.63) is 89.4 Å². The molecule has 5 rings (SSSR count). The molecule has 0 bridgehead atoms. The van der Waals surface area contributed by atoms with Crippen LogP contribution in [0.1, 0.15) is 26.5 Å². The molecular weight excluding hydrogens is 389 g/mol. The molecule has 0 aliphatic carbocycles. The van der Waals surface area contributed by atoms with Gasteiger partial charge in [0.25, 0.3) is 5.91 Å². The molecule has 0 spiro atoms. The predicted molar refractivity (Wildman–Crippen MR) is 107 cm³/mol. The summed E-state index contributed by atoms with van der Waals surface area (Å²) in [5.41, 5.74) is 1.11. The van der Waals surface area contributed by atoms with Gasteiger partial charge in [0.1, 0.15) is 11.4 Å². The van der Waals surface area contributed by atoms with Gasteiger partial charge in [-0.05, 0) is 48.5 Å². The van der Waals surface area contributed by atoms with Crippen molar-refractivity contribution in [1.82, 2.24) is 0 Å². The number of anilines is 1. The number of amides is 1. The van der Waals surface area contributed by atoms with Crippen LogP contribution in [0.3, 0.4) is 0 Å². The Morgan fingerprint density at radius 3 is 2.57 bits per heavy atom. The molecule has 0 atom stereocenters. The van der Waals surface area contributed by atoms with E-state index in [-0.39, 0.29) is 23.8 Å². The van der Waals surface area contributed by atoms with Gasteiger partial charge < -0.3 is 19.2 Å². The minimum absolute atomic E-state index is 0.0279. The molecule has 1 aliphatic rings. The molecule has 148 valence electrons. The van der Waals surface area contributed by atoms with Crippen LogP contribution < -0.4 is 14.8 Å². The zero-order chi connectivity index (χ0) is 20.7. The molecule has 1 aliphatic heterocycles. The van der Waals surface area contributed by atoms with Crippen molar-refractivity contribution >= 4 is 28.3 Å². The Labute approximate surface area is 169 Å². The molecule has 0 unspecified atom stereocenters. The Hall–Kier alpha value is -4.13. The molecule has 7 heteroatoms. The molecule has 3 aromatic carbocycles. The Balaban J connectivity index is 1.57. The number of para-hydroxylation sites is 1. The standard InChI is InChI=1S/C23H14FNO5/c24-15-5-3-4-14(10-15)23(27)25-20-16-6-1-2-7-17(16)30-22(20)21(26)13-8-9-18-19(11-13)29-12-28-18/h1-11H,12H2,(H,25,27). The summed E-state index contributed by atoms with van der Waals surface area (Å²) in [6.45, 7) is 0.0898. The van der Waals surface area contributed by atoms with Gasteiger partial charge in [0.2, 0.25) is 12.6 Å². The molecule has 1 aromatic heterocycles. The summed E-state index contributed by atoms with van der Waals surface area (Å²) in [6, 6.07) is 17.1. The van der Waals surface area contributed by atoms with Crippen molar-refractivity contribution < 1.29 is 27.9 Å². The summed E-state index contributed by atoms with van der Waals surface area (Å²) in [6.07, 6.45) is 0. The number of hydrogen-bond acceptors (Lipinski definition) is 5. The van der Waals surface area contributed by atoms with E-state index in [9.17, 15) is 14.0 Å². The third-order valence-corrected chi connectivity index (χ3v) is 4.76. The summed E-state index contributed by atoms with van der Waals surface area (Å²) in [4.78, 5) is 25.9. The maximum absolute atomic E-state index is 13.5. The summed E-state index contributed by atoms with van der Waals surface area (Å²) >= 11 is 0. The minimum Gasteiger partial charge on any atom is -0.454 e. The molecule has 2 heterocycles. The van der Waals surface area contributed by atoms with Crippen molar-refractivity contribution in [3.8, 4) is 11.5 Å². The number of fused-ring (bicyclic) bond motifs is 2. The highest BCUT2D eigenvalue weighted by Gasteiger charge is 2.25. The van der Waals surface area contributed by atoms with Crippen molar-refractivity contribution in [2.45, 2.75) is 0 Å². The largest absolute Gasteiger partial charge is 0.454 e. The van der Waals surface area contributed by atoms with Crippen LogP contribution in [0.25, 0.3) is 11.0 Å². The molecule has 4 aromatic rings. The van der Waals surface area contributed by atoms with Crippen molar-refractivity contribution in [1.29, 1.82) is 0 Å². The van der Waals surface area contributed by atoms with E-state index in [4.69, 9.17) is 13.9 Å². The Kier molecular flexibility index (Phi) is 4.21. The predicted octanol–water partition coefficient (Wildman–Crippen LogP) is 4.78. The first-order valence-corrected chi connectivity index (χ1v) is 9.13. The summed E-state index contributed by atoms with van der Waals surface area (Å²) < 4.78 is 29.9. The number of ether oxygens (including phenoxy) is 2. The van der Waals surface area contributed by atoms with Gasteiger partial charge in [-0.2, -0.15) is 0 Å². The lowest BCUT2D eigenvalue weighted by molar-refractivity contribution is 0.101. The molecular formula is C23H14FNO5. The third-order valence-electron chi connectivity index (χ3n) is 4.76. The van der Waals surface area contributed by atoms with Gasteiger partial charge in [-0.25, -0.2) is 4.39 Å². The number of rotatable bonds is 4. The highest BCUT2D eigenvalue weighted by molar-refractivity contribution is 6.19. The smallest absolute Gasteiger partial charge is 0.255 e. The normalized spacial score (nSPS) is 12.2. The first-order chi connectivity index (χ1) is 14.6. The summed E-state index contributed by atoms with van der Waals surface area (Å²) in [7, 11) is 0. The van der Waals surface area contributed by atoms with Gasteiger partial charge in [0.15, 0.2) is 17.3 Å². The van der Waals surface area contributed by atoms with Crippen LogP contribution >= 0.6 is 0 Å². The number of hydrogen-bond donors (Lipinski definition) is 1. The fourth-order valence-electron chi connectivity index (χ4n) is 3.31. The second-order valence-electron chi connectivity index (χ2n) is 6.66. The van der Waals surface area contributed by atoms with E-state index in [1.54, 1.807) is 42.5 Å². The van der Waals surface area contributed by atoms with E-state index in [1.165, 1.54) is 18.2 Å². The zero-order valence-corrected chi connectivity index (χ0v) is 15.5. The first-order valence-electron chi connectivity index (χ1n) is 9.13. The van der Waals surface area contributed by atoms with E-state index in [0.29, 0.717) is 28.0 Å². The number of halogens is 1. The van der Waals surface area contributed by atoms with Gasteiger partial charge in [-0.3, -0.25) is 9.59 Å². The van der Waals surface area contributed by atoms with Crippen molar-refractivity contribution in [2.24, 2.45) is 0 Å². The lowest BCUT2D eigenvalue weighted by Gasteiger charge is -2.07. The minimum atomic E-state index is -0.555. The SMILES string of the molecule is O=C(Nc1c(C(=O)c2ccc3c(c2)OCO3)oc2ccccc12)c1cccc(F)c1. The van der Waals surface area contributed by atoms with E-state index in [0.717, 1.165) is 6.07 Å². The average molecular weight is 403 g/mol. The van der Waals surface area contributed by atoms with Crippen LogP contribution in [-0.4, -0.2) is 18.5 Å². The van der Waals surface area contributed by atoms with Crippen molar-refractivity contribution in [2.75, 3.05) is 12.1 Å². The zero-order valence-electron chi connectivity index (χ0n) is 15.5. The maximum Gasteiger partial charge on any atom is 0.255 e. The molecule has 1 amide bonds. The fraction of sp³-hybridized carbons (Fsp3) is 0.0435. The summed E-state index contributed by atoms with van der Waals surface area (Å²) in [5.74, 6) is -0.533. The molecule has 0 fully saturated rings. The van der Waals surface area contributed by atoms with Crippen molar-refractivity contribution in [3.63, 3.8) is 0 Å².